The molecule has 1 fully saturated rings. The van der Waals surface area contributed by atoms with Crippen LogP contribution >= 0.6 is 11.3 Å². The molecule has 5 nitrogen and oxygen atoms in total. The van der Waals surface area contributed by atoms with Gasteiger partial charge in [0.2, 0.25) is 5.91 Å². The minimum atomic E-state index is -0.890. The number of hydrogen-bond donors (Lipinski definition) is 2. The van der Waals surface area contributed by atoms with Crippen LogP contribution in [0.2, 0.25) is 0 Å². The Morgan fingerprint density at radius 2 is 1.85 bits per heavy atom. The van der Waals surface area contributed by atoms with Crippen LogP contribution in [0.15, 0.2) is 47.8 Å². The van der Waals surface area contributed by atoms with Crippen molar-refractivity contribution < 1.29 is 14.7 Å². The average molecular weight is 366 g/mol. The lowest BCUT2D eigenvalue weighted by Crippen LogP contribution is -2.29. The summed E-state index contributed by atoms with van der Waals surface area (Å²) in [4.78, 5) is 28.2. The zero-order chi connectivity index (χ0) is 18.1. The van der Waals surface area contributed by atoms with Crippen LogP contribution in [0.25, 0.3) is 22.0 Å². The highest BCUT2D eigenvalue weighted by atomic mass is 32.1. The standard InChI is InChI=1S/C20H18N2O3S/c23-18(15-6-3-7-16(15)19(24)25)22-20-21-17(11-26-20)14-9-8-12-4-1-2-5-13(12)10-14/h1-2,4-5,8-11,15-16H,3,6-7H2,(H,24,25)(H,21,22,23)/t15-,16-/m1/s1. The second-order valence-electron chi connectivity index (χ2n) is 6.57. The molecular weight excluding hydrogens is 348 g/mol. The summed E-state index contributed by atoms with van der Waals surface area (Å²) in [6.45, 7) is 0. The molecule has 3 aromatic rings. The van der Waals surface area contributed by atoms with Gasteiger partial charge in [-0.15, -0.1) is 11.3 Å². The highest BCUT2D eigenvalue weighted by molar-refractivity contribution is 7.14. The number of fused-ring (bicyclic) bond motifs is 1. The summed E-state index contributed by atoms with van der Waals surface area (Å²) >= 11 is 1.36. The number of amides is 1. The number of carbonyl (C=O) groups excluding carboxylic acids is 1. The maximum absolute atomic E-state index is 12.4. The van der Waals surface area contributed by atoms with Gasteiger partial charge in [0, 0.05) is 10.9 Å². The number of carboxylic acids is 1. The van der Waals surface area contributed by atoms with Crippen LogP contribution in [0.4, 0.5) is 5.13 Å². The van der Waals surface area contributed by atoms with Crippen LogP contribution < -0.4 is 5.32 Å². The number of thiazole rings is 1. The second-order valence-corrected chi connectivity index (χ2v) is 7.43. The molecule has 132 valence electrons. The molecule has 1 aliphatic rings. The van der Waals surface area contributed by atoms with Gasteiger partial charge in [0.05, 0.1) is 17.5 Å². The lowest BCUT2D eigenvalue weighted by molar-refractivity contribution is -0.145. The van der Waals surface area contributed by atoms with E-state index in [1.54, 1.807) is 0 Å². The zero-order valence-corrected chi connectivity index (χ0v) is 14.8. The molecule has 2 N–H and O–H groups in total. The molecule has 0 aliphatic heterocycles. The number of aliphatic carboxylic acids is 1. The summed E-state index contributed by atoms with van der Waals surface area (Å²) in [5.41, 5.74) is 1.79. The van der Waals surface area contributed by atoms with E-state index in [0.717, 1.165) is 23.1 Å². The quantitative estimate of drug-likeness (QED) is 0.717. The number of carboxylic acid groups (broad SMARTS) is 1. The maximum Gasteiger partial charge on any atom is 0.307 e. The van der Waals surface area contributed by atoms with Crippen molar-refractivity contribution in [2.45, 2.75) is 19.3 Å². The Morgan fingerprint density at radius 3 is 2.65 bits per heavy atom. The Labute approximate surface area is 154 Å². The van der Waals surface area contributed by atoms with E-state index in [2.05, 4.69) is 34.6 Å². The third kappa shape index (κ3) is 3.20. The van der Waals surface area contributed by atoms with Crippen molar-refractivity contribution >= 4 is 39.1 Å². The Hall–Kier alpha value is -2.73. The van der Waals surface area contributed by atoms with Crippen molar-refractivity contribution in [3.63, 3.8) is 0 Å². The van der Waals surface area contributed by atoms with E-state index >= 15 is 0 Å². The highest BCUT2D eigenvalue weighted by Crippen LogP contribution is 2.34. The van der Waals surface area contributed by atoms with Gasteiger partial charge in [-0.25, -0.2) is 4.98 Å². The first-order valence-corrected chi connectivity index (χ1v) is 9.48. The molecule has 1 heterocycles. The number of rotatable bonds is 4. The van der Waals surface area contributed by atoms with Gasteiger partial charge in [0.15, 0.2) is 5.13 Å². The number of carbonyl (C=O) groups is 2. The van der Waals surface area contributed by atoms with Crippen LogP contribution in [0.1, 0.15) is 19.3 Å². The fraction of sp³-hybridized carbons (Fsp3) is 0.250. The molecule has 1 aromatic heterocycles. The largest absolute Gasteiger partial charge is 0.481 e. The van der Waals surface area contributed by atoms with Gasteiger partial charge in [-0.3, -0.25) is 9.59 Å². The van der Waals surface area contributed by atoms with Crippen molar-refractivity contribution in [3.05, 3.63) is 47.8 Å². The average Bonchev–Trinajstić information content (AvgIpc) is 3.31. The van der Waals surface area contributed by atoms with E-state index in [4.69, 9.17) is 0 Å². The van der Waals surface area contributed by atoms with Crippen molar-refractivity contribution in [1.82, 2.24) is 4.98 Å². The number of benzene rings is 2. The van der Waals surface area contributed by atoms with Gasteiger partial charge in [-0.2, -0.15) is 0 Å². The topological polar surface area (TPSA) is 79.3 Å². The Balaban J connectivity index is 1.52. The van der Waals surface area contributed by atoms with Crippen LogP contribution in [-0.2, 0) is 9.59 Å². The van der Waals surface area contributed by atoms with Crippen molar-refractivity contribution in [1.29, 1.82) is 0 Å². The third-order valence-corrected chi connectivity index (χ3v) is 5.71. The molecule has 6 heteroatoms. The summed E-state index contributed by atoms with van der Waals surface area (Å²) in [5.74, 6) is -2.19. The zero-order valence-electron chi connectivity index (χ0n) is 14.0. The van der Waals surface area contributed by atoms with E-state index in [-0.39, 0.29) is 5.91 Å². The van der Waals surface area contributed by atoms with Gasteiger partial charge in [0.25, 0.3) is 0 Å². The molecule has 4 rings (SSSR count). The monoisotopic (exact) mass is 366 g/mol. The SMILES string of the molecule is O=C(O)[C@@H]1CCC[C@H]1C(=O)Nc1nc(-c2ccc3ccccc3c2)cs1. The summed E-state index contributed by atoms with van der Waals surface area (Å²) in [5, 5.41) is 16.8. The third-order valence-electron chi connectivity index (χ3n) is 4.95. The molecule has 0 unspecified atom stereocenters. The number of hydrogen-bond acceptors (Lipinski definition) is 4. The van der Waals surface area contributed by atoms with E-state index < -0.39 is 17.8 Å². The Bertz CT molecular complexity index is 982. The predicted molar refractivity (Wildman–Crippen MR) is 102 cm³/mol. The van der Waals surface area contributed by atoms with Crippen molar-refractivity contribution in [2.75, 3.05) is 5.32 Å². The van der Waals surface area contributed by atoms with Crippen LogP contribution in [0.3, 0.4) is 0 Å². The van der Waals surface area contributed by atoms with Crippen LogP contribution in [0, 0.1) is 11.8 Å². The molecular formula is C20H18N2O3S. The van der Waals surface area contributed by atoms with Gasteiger partial charge in [0.1, 0.15) is 0 Å². The molecule has 0 radical (unpaired) electrons. The maximum atomic E-state index is 12.4. The smallest absolute Gasteiger partial charge is 0.307 e. The van der Waals surface area contributed by atoms with Crippen molar-refractivity contribution in [3.8, 4) is 11.3 Å². The summed E-state index contributed by atoms with van der Waals surface area (Å²) in [6.07, 6.45) is 1.95. The fourth-order valence-corrected chi connectivity index (χ4v) is 4.30. The van der Waals surface area contributed by atoms with Crippen LogP contribution in [0.5, 0.6) is 0 Å². The van der Waals surface area contributed by atoms with E-state index in [0.29, 0.717) is 18.0 Å². The van der Waals surface area contributed by atoms with Crippen molar-refractivity contribution in [2.24, 2.45) is 11.8 Å². The van der Waals surface area contributed by atoms with Gasteiger partial charge in [-0.05, 0) is 29.7 Å². The predicted octanol–water partition coefficient (Wildman–Crippen LogP) is 4.40. The van der Waals surface area contributed by atoms with Crippen LogP contribution in [-0.4, -0.2) is 22.0 Å². The normalized spacial score (nSPS) is 19.5. The molecule has 0 saturated heterocycles. The number of aromatic nitrogens is 1. The fourth-order valence-electron chi connectivity index (χ4n) is 3.58. The van der Waals surface area contributed by atoms with E-state index in [1.807, 2.05) is 23.6 Å². The summed E-state index contributed by atoms with van der Waals surface area (Å²) < 4.78 is 0. The van der Waals surface area contributed by atoms with E-state index in [1.165, 1.54) is 16.7 Å². The minimum Gasteiger partial charge on any atom is -0.481 e. The molecule has 0 bridgehead atoms. The van der Waals surface area contributed by atoms with Gasteiger partial charge >= 0.3 is 5.97 Å². The lowest BCUT2D eigenvalue weighted by Gasteiger charge is -2.14. The first-order valence-electron chi connectivity index (χ1n) is 8.60. The minimum absolute atomic E-state index is 0.241. The lowest BCUT2D eigenvalue weighted by atomic mass is 9.95. The molecule has 2 atom stereocenters. The first kappa shape index (κ1) is 16.7. The number of nitrogens with one attached hydrogen (secondary N) is 1. The second kappa shape index (κ2) is 6.88. The molecule has 2 aromatic carbocycles. The summed E-state index contributed by atoms with van der Waals surface area (Å²) in [6, 6.07) is 14.3. The van der Waals surface area contributed by atoms with Gasteiger partial charge < -0.3 is 10.4 Å². The summed E-state index contributed by atoms with van der Waals surface area (Å²) in [7, 11) is 0. The number of nitrogens with zero attached hydrogens (tertiary/aromatic N) is 1. The molecule has 1 aliphatic carbocycles. The van der Waals surface area contributed by atoms with E-state index in [9.17, 15) is 14.7 Å². The highest BCUT2D eigenvalue weighted by Gasteiger charge is 2.37. The first-order chi connectivity index (χ1) is 12.6. The Kier molecular flexibility index (Phi) is 4.42. The van der Waals surface area contributed by atoms with Gasteiger partial charge in [-0.1, -0.05) is 42.8 Å². The Morgan fingerprint density at radius 1 is 1.08 bits per heavy atom. The molecule has 0 spiro atoms. The molecule has 1 amide bonds. The number of anilines is 1. The molecule has 26 heavy (non-hydrogen) atoms. The molecule has 1 saturated carbocycles.